The van der Waals surface area contributed by atoms with Gasteiger partial charge in [0.2, 0.25) is 0 Å². The van der Waals surface area contributed by atoms with Crippen molar-refractivity contribution in [3.8, 4) is 0 Å². The first-order chi connectivity index (χ1) is 13.3. The van der Waals surface area contributed by atoms with Crippen LogP contribution in [0.25, 0.3) is 0 Å². The number of piperazine rings is 1. The van der Waals surface area contributed by atoms with Gasteiger partial charge in [0, 0.05) is 37.8 Å². The molecule has 2 atom stereocenters. The normalized spacial score (nSPS) is 22.7. The average molecular weight is 394 g/mol. The SMILES string of the molecule is CC1CCCC(N2CCN(C(=O)c3cccc(F)c3)CC2)C1.O=C(O)C(=O)O. The number of amides is 1. The molecule has 1 heterocycles. The van der Waals surface area contributed by atoms with E-state index in [1.165, 1.54) is 37.8 Å². The van der Waals surface area contributed by atoms with Gasteiger partial charge in [-0.05, 0) is 37.0 Å². The molecule has 1 aromatic rings. The highest BCUT2D eigenvalue weighted by molar-refractivity contribution is 6.27. The van der Waals surface area contributed by atoms with Crippen LogP contribution in [0.3, 0.4) is 0 Å². The van der Waals surface area contributed by atoms with Crippen LogP contribution in [0.15, 0.2) is 24.3 Å². The Labute approximate surface area is 163 Å². The Morgan fingerprint density at radius 2 is 1.68 bits per heavy atom. The zero-order valence-corrected chi connectivity index (χ0v) is 16.0. The third-order valence-corrected chi connectivity index (χ3v) is 5.28. The number of carboxylic acid groups (broad SMARTS) is 2. The van der Waals surface area contributed by atoms with Gasteiger partial charge in [0.05, 0.1) is 0 Å². The van der Waals surface area contributed by atoms with Gasteiger partial charge < -0.3 is 15.1 Å². The predicted molar refractivity (Wildman–Crippen MR) is 101 cm³/mol. The van der Waals surface area contributed by atoms with Gasteiger partial charge in [-0.1, -0.05) is 25.8 Å². The summed E-state index contributed by atoms with van der Waals surface area (Å²) in [5, 5.41) is 14.8. The molecular weight excluding hydrogens is 367 g/mol. The van der Waals surface area contributed by atoms with Gasteiger partial charge >= 0.3 is 11.9 Å². The zero-order chi connectivity index (χ0) is 20.7. The Morgan fingerprint density at radius 1 is 1.04 bits per heavy atom. The van der Waals surface area contributed by atoms with E-state index in [0.29, 0.717) is 11.6 Å². The lowest BCUT2D eigenvalue weighted by Crippen LogP contribution is -2.52. The van der Waals surface area contributed by atoms with Crippen LogP contribution in [-0.2, 0) is 9.59 Å². The Kier molecular flexibility index (Phi) is 7.92. The second kappa shape index (κ2) is 10.2. The number of carboxylic acids is 2. The van der Waals surface area contributed by atoms with E-state index in [-0.39, 0.29) is 11.7 Å². The Morgan fingerprint density at radius 3 is 2.21 bits per heavy atom. The molecule has 2 aliphatic rings. The van der Waals surface area contributed by atoms with E-state index in [4.69, 9.17) is 19.8 Å². The van der Waals surface area contributed by atoms with E-state index in [0.717, 1.165) is 32.1 Å². The van der Waals surface area contributed by atoms with Crippen LogP contribution < -0.4 is 0 Å². The number of aliphatic carboxylic acids is 2. The molecular formula is C20H27FN2O5. The molecule has 28 heavy (non-hydrogen) atoms. The van der Waals surface area contributed by atoms with Crippen LogP contribution in [0.1, 0.15) is 43.0 Å². The minimum atomic E-state index is -1.82. The first-order valence-electron chi connectivity index (χ1n) is 9.53. The first-order valence-corrected chi connectivity index (χ1v) is 9.53. The fourth-order valence-electron chi connectivity index (χ4n) is 3.83. The van der Waals surface area contributed by atoms with E-state index in [1.54, 1.807) is 12.1 Å². The lowest BCUT2D eigenvalue weighted by molar-refractivity contribution is -0.159. The van der Waals surface area contributed by atoms with Crippen LogP contribution in [-0.4, -0.2) is 70.1 Å². The molecule has 0 bridgehead atoms. The smallest absolute Gasteiger partial charge is 0.414 e. The number of nitrogens with zero attached hydrogens (tertiary/aromatic N) is 2. The largest absolute Gasteiger partial charge is 0.473 e. The number of carbonyl (C=O) groups excluding carboxylic acids is 1. The highest BCUT2D eigenvalue weighted by Gasteiger charge is 2.29. The molecule has 1 saturated heterocycles. The first kappa shape index (κ1) is 21.8. The van der Waals surface area contributed by atoms with Gasteiger partial charge in [-0.15, -0.1) is 0 Å². The van der Waals surface area contributed by atoms with E-state index in [1.807, 2.05) is 4.90 Å². The summed E-state index contributed by atoms with van der Waals surface area (Å²) in [6, 6.07) is 6.69. The summed E-state index contributed by atoms with van der Waals surface area (Å²) in [6.45, 7) is 5.73. The molecule has 2 N–H and O–H groups in total. The van der Waals surface area contributed by atoms with Crippen molar-refractivity contribution in [2.24, 2.45) is 5.92 Å². The molecule has 3 rings (SSSR count). The van der Waals surface area contributed by atoms with Crippen molar-refractivity contribution in [3.05, 3.63) is 35.6 Å². The van der Waals surface area contributed by atoms with Gasteiger partial charge in [-0.3, -0.25) is 9.69 Å². The second-order valence-corrected chi connectivity index (χ2v) is 7.37. The fourth-order valence-corrected chi connectivity index (χ4v) is 3.83. The van der Waals surface area contributed by atoms with Gasteiger partial charge in [0.25, 0.3) is 5.91 Å². The summed E-state index contributed by atoms with van der Waals surface area (Å²) >= 11 is 0. The monoisotopic (exact) mass is 394 g/mol. The van der Waals surface area contributed by atoms with Crippen molar-refractivity contribution in [2.45, 2.75) is 38.6 Å². The third-order valence-electron chi connectivity index (χ3n) is 5.28. The number of hydrogen-bond acceptors (Lipinski definition) is 4. The van der Waals surface area contributed by atoms with Crippen molar-refractivity contribution >= 4 is 17.8 Å². The maximum absolute atomic E-state index is 13.3. The highest BCUT2D eigenvalue weighted by Crippen LogP contribution is 2.28. The quantitative estimate of drug-likeness (QED) is 0.747. The van der Waals surface area contributed by atoms with E-state index < -0.39 is 11.9 Å². The predicted octanol–water partition coefficient (Wildman–Crippen LogP) is 2.32. The van der Waals surface area contributed by atoms with Crippen molar-refractivity contribution < 1.29 is 29.0 Å². The van der Waals surface area contributed by atoms with Crippen molar-refractivity contribution in [1.82, 2.24) is 9.80 Å². The molecule has 0 aromatic heterocycles. The van der Waals surface area contributed by atoms with Crippen LogP contribution in [0.5, 0.6) is 0 Å². The minimum Gasteiger partial charge on any atom is -0.473 e. The average Bonchev–Trinajstić information content (AvgIpc) is 2.68. The van der Waals surface area contributed by atoms with Gasteiger partial charge in [0.15, 0.2) is 0 Å². The molecule has 2 fully saturated rings. The van der Waals surface area contributed by atoms with Crippen LogP contribution in [0, 0.1) is 11.7 Å². The molecule has 0 spiro atoms. The molecule has 8 heteroatoms. The summed E-state index contributed by atoms with van der Waals surface area (Å²) in [5.41, 5.74) is 0.458. The van der Waals surface area contributed by atoms with Crippen LogP contribution >= 0.6 is 0 Å². The topological polar surface area (TPSA) is 98.2 Å². The molecule has 2 unspecified atom stereocenters. The van der Waals surface area contributed by atoms with Crippen LogP contribution in [0.4, 0.5) is 4.39 Å². The molecule has 154 valence electrons. The maximum atomic E-state index is 13.3. The van der Waals surface area contributed by atoms with Crippen molar-refractivity contribution in [3.63, 3.8) is 0 Å². The number of benzene rings is 1. The maximum Gasteiger partial charge on any atom is 0.414 e. The number of rotatable bonds is 2. The summed E-state index contributed by atoms with van der Waals surface area (Å²) in [5.74, 6) is -3.22. The summed E-state index contributed by atoms with van der Waals surface area (Å²) in [7, 11) is 0. The molecule has 1 amide bonds. The minimum absolute atomic E-state index is 0.0452. The Hall–Kier alpha value is -2.48. The van der Waals surface area contributed by atoms with Gasteiger partial charge in [0.1, 0.15) is 5.82 Å². The Balaban J connectivity index is 0.000000409. The van der Waals surface area contributed by atoms with E-state index >= 15 is 0 Å². The molecule has 7 nitrogen and oxygen atoms in total. The van der Waals surface area contributed by atoms with E-state index in [9.17, 15) is 9.18 Å². The molecule has 0 radical (unpaired) electrons. The molecule has 1 aliphatic heterocycles. The van der Waals surface area contributed by atoms with Crippen molar-refractivity contribution in [2.75, 3.05) is 26.2 Å². The third kappa shape index (κ3) is 6.30. The standard InChI is InChI=1S/C18H25FN2O.C2H2O4/c1-14-4-2-7-17(12-14)20-8-10-21(11-9-20)18(22)15-5-3-6-16(19)13-15;3-1(4)2(5)6/h3,5-6,13-14,17H,2,4,7-12H2,1H3;(H,3,4)(H,5,6). The summed E-state index contributed by atoms with van der Waals surface area (Å²) in [6.07, 6.45) is 5.27. The molecule has 1 saturated carbocycles. The van der Waals surface area contributed by atoms with Gasteiger partial charge in [-0.25, -0.2) is 14.0 Å². The fraction of sp³-hybridized carbons (Fsp3) is 0.550. The number of carbonyl (C=O) groups is 3. The summed E-state index contributed by atoms with van der Waals surface area (Å²) < 4.78 is 13.3. The molecule has 1 aromatic carbocycles. The number of halogens is 1. The van der Waals surface area contributed by atoms with Crippen molar-refractivity contribution in [1.29, 1.82) is 0 Å². The summed E-state index contributed by atoms with van der Waals surface area (Å²) in [4.78, 5) is 35.0. The highest BCUT2D eigenvalue weighted by atomic mass is 19.1. The second-order valence-electron chi connectivity index (χ2n) is 7.37. The lowest BCUT2D eigenvalue weighted by Gasteiger charge is -2.42. The lowest BCUT2D eigenvalue weighted by atomic mass is 9.86. The van der Waals surface area contributed by atoms with Gasteiger partial charge in [-0.2, -0.15) is 0 Å². The van der Waals surface area contributed by atoms with Crippen LogP contribution in [0.2, 0.25) is 0 Å². The molecule has 1 aliphatic carbocycles. The zero-order valence-electron chi connectivity index (χ0n) is 16.0. The van der Waals surface area contributed by atoms with E-state index in [2.05, 4.69) is 11.8 Å². The Bertz CT molecular complexity index is 692. The number of hydrogen-bond donors (Lipinski definition) is 2.